The standard InChI is InChI=1S/C19H21N3O3/c1-13-6-8-15(9-7-13)18(24)10-11-20-19(25)22-17-5-3-4-16(12-17)21-14(2)23/h3-9,12H,10-11H2,1-2H3,(H,21,23)(H2,20,22,25). The average Bonchev–Trinajstić information content (AvgIpc) is 2.55. The number of benzene rings is 2. The molecule has 6 heteroatoms. The van der Waals surface area contributed by atoms with Crippen LogP contribution in [0.3, 0.4) is 0 Å². The van der Waals surface area contributed by atoms with E-state index in [0.29, 0.717) is 16.9 Å². The molecule has 3 N–H and O–H groups in total. The molecule has 0 aromatic heterocycles. The molecule has 25 heavy (non-hydrogen) atoms. The lowest BCUT2D eigenvalue weighted by atomic mass is 10.1. The van der Waals surface area contributed by atoms with Crippen LogP contribution < -0.4 is 16.0 Å². The molecule has 0 heterocycles. The third-order valence-electron chi connectivity index (χ3n) is 3.45. The van der Waals surface area contributed by atoms with Crippen LogP contribution in [-0.2, 0) is 4.79 Å². The number of hydrogen-bond donors (Lipinski definition) is 3. The van der Waals surface area contributed by atoms with E-state index in [1.807, 2.05) is 19.1 Å². The summed E-state index contributed by atoms with van der Waals surface area (Å²) in [6.45, 7) is 3.61. The zero-order chi connectivity index (χ0) is 18.2. The Hall–Kier alpha value is -3.15. The first-order valence-corrected chi connectivity index (χ1v) is 7.96. The van der Waals surface area contributed by atoms with Gasteiger partial charge in [0.15, 0.2) is 5.78 Å². The fourth-order valence-electron chi connectivity index (χ4n) is 2.23. The number of hydrogen-bond acceptors (Lipinski definition) is 3. The van der Waals surface area contributed by atoms with Gasteiger partial charge < -0.3 is 16.0 Å². The third kappa shape index (κ3) is 6.10. The SMILES string of the molecule is CC(=O)Nc1cccc(NC(=O)NCCC(=O)c2ccc(C)cc2)c1. The Morgan fingerprint density at radius 1 is 0.920 bits per heavy atom. The Labute approximate surface area is 146 Å². The first-order valence-electron chi connectivity index (χ1n) is 7.96. The second-order valence-corrected chi connectivity index (χ2v) is 5.68. The Morgan fingerprint density at radius 2 is 1.56 bits per heavy atom. The van der Waals surface area contributed by atoms with Gasteiger partial charge in [-0.25, -0.2) is 4.79 Å². The van der Waals surface area contributed by atoms with E-state index in [0.717, 1.165) is 5.56 Å². The molecule has 2 aromatic rings. The van der Waals surface area contributed by atoms with Gasteiger partial charge in [-0.1, -0.05) is 35.9 Å². The molecule has 0 saturated carbocycles. The second kappa shape index (κ2) is 8.63. The normalized spacial score (nSPS) is 10.0. The van der Waals surface area contributed by atoms with Crippen LogP contribution in [0.15, 0.2) is 48.5 Å². The summed E-state index contributed by atoms with van der Waals surface area (Å²) in [4.78, 5) is 35.0. The van der Waals surface area contributed by atoms with Crippen LogP contribution >= 0.6 is 0 Å². The number of aryl methyl sites for hydroxylation is 1. The first-order chi connectivity index (χ1) is 11.9. The first kappa shape index (κ1) is 18.2. The van der Waals surface area contributed by atoms with Crippen LogP contribution in [0.25, 0.3) is 0 Å². The van der Waals surface area contributed by atoms with Crippen LogP contribution in [-0.4, -0.2) is 24.3 Å². The number of Topliss-reactive ketones (excluding diaryl/α,β-unsaturated/α-hetero) is 1. The van der Waals surface area contributed by atoms with Crippen molar-refractivity contribution in [1.29, 1.82) is 0 Å². The molecular weight excluding hydrogens is 318 g/mol. The third-order valence-corrected chi connectivity index (χ3v) is 3.45. The molecule has 3 amide bonds. The number of carbonyl (C=O) groups excluding carboxylic acids is 3. The topological polar surface area (TPSA) is 87.3 Å². The maximum atomic E-state index is 12.0. The summed E-state index contributed by atoms with van der Waals surface area (Å²) in [5.74, 6) is -0.204. The summed E-state index contributed by atoms with van der Waals surface area (Å²) in [5.41, 5.74) is 2.87. The van der Waals surface area contributed by atoms with E-state index >= 15 is 0 Å². The Bertz CT molecular complexity index is 770. The van der Waals surface area contributed by atoms with Crippen LogP contribution in [0.4, 0.5) is 16.2 Å². The summed E-state index contributed by atoms with van der Waals surface area (Å²) in [6, 6.07) is 13.7. The maximum Gasteiger partial charge on any atom is 0.319 e. The molecule has 2 aromatic carbocycles. The lowest BCUT2D eigenvalue weighted by Gasteiger charge is -2.09. The minimum absolute atomic E-state index is 0.0204. The zero-order valence-corrected chi connectivity index (χ0v) is 14.3. The van der Waals surface area contributed by atoms with Crippen molar-refractivity contribution in [2.75, 3.05) is 17.2 Å². The van der Waals surface area contributed by atoms with Gasteiger partial charge >= 0.3 is 6.03 Å². The number of nitrogens with one attached hydrogen (secondary N) is 3. The van der Waals surface area contributed by atoms with E-state index in [1.165, 1.54) is 6.92 Å². The van der Waals surface area contributed by atoms with Gasteiger partial charge in [0.05, 0.1) is 0 Å². The van der Waals surface area contributed by atoms with E-state index in [1.54, 1.807) is 36.4 Å². The Kier molecular flexibility index (Phi) is 6.28. The van der Waals surface area contributed by atoms with E-state index in [4.69, 9.17) is 0 Å². The fourth-order valence-corrected chi connectivity index (χ4v) is 2.23. The van der Waals surface area contributed by atoms with Crippen molar-refractivity contribution in [3.05, 3.63) is 59.7 Å². The predicted molar refractivity (Wildman–Crippen MR) is 97.9 cm³/mol. The van der Waals surface area contributed by atoms with Gasteiger partial charge in [-0.2, -0.15) is 0 Å². The molecule has 2 rings (SSSR count). The molecule has 0 spiro atoms. The Morgan fingerprint density at radius 3 is 2.20 bits per heavy atom. The highest BCUT2D eigenvalue weighted by Gasteiger charge is 2.07. The van der Waals surface area contributed by atoms with Crippen molar-refractivity contribution in [3.63, 3.8) is 0 Å². The monoisotopic (exact) mass is 339 g/mol. The van der Waals surface area contributed by atoms with Gasteiger partial charge in [-0.05, 0) is 25.1 Å². The molecule has 0 unspecified atom stereocenters. The molecule has 0 atom stereocenters. The highest BCUT2D eigenvalue weighted by molar-refractivity contribution is 5.97. The van der Waals surface area contributed by atoms with E-state index in [-0.39, 0.29) is 24.7 Å². The minimum Gasteiger partial charge on any atom is -0.337 e. The molecule has 0 fully saturated rings. The van der Waals surface area contributed by atoms with Gasteiger partial charge in [-0.15, -0.1) is 0 Å². The van der Waals surface area contributed by atoms with E-state index in [9.17, 15) is 14.4 Å². The summed E-state index contributed by atoms with van der Waals surface area (Å²) < 4.78 is 0. The number of urea groups is 1. The molecule has 0 aliphatic rings. The molecule has 130 valence electrons. The summed E-state index contributed by atoms with van der Waals surface area (Å²) in [6.07, 6.45) is 0.225. The predicted octanol–water partition coefficient (Wildman–Crippen LogP) is 3.35. The molecule has 0 aliphatic heterocycles. The number of carbonyl (C=O) groups is 3. The van der Waals surface area contributed by atoms with Crippen molar-refractivity contribution >= 4 is 29.1 Å². The quantitative estimate of drug-likeness (QED) is 0.705. The van der Waals surface area contributed by atoms with Crippen molar-refractivity contribution in [2.24, 2.45) is 0 Å². The Balaban J connectivity index is 1.79. The fraction of sp³-hybridized carbons (Fsp3) is 0.211. The van der Waals surface area contributed by atoms with Crippen LogP contribution in [0.2, 0.25) is 0 Å². The van der Waals surface area contributed by atoms with Crippen LogP contribution in [0, 0.1) is 6.92 Å². The number of ketones is 1. The van der Waals surface area contributed by atoms with Crippen LogP contribution in [0.5, 0.6) is 0 Å². The van der Waals surface area contributed by atoms with Crippen LogP contribution in [0.1, 0.15) is 29.3 Å². The van der Waals surface area contributed by atoms with Gasteiger partial charge in [0.1, 0.15) is 0 Å². The lowest BCUT2D eigenvalue weighted by molar-refractivity contribution is -0.114. The minimum atomic E-state index is -0.406. The highest BCUT2D eigenvalue weighted by Crippen LogP contribution is 2.14. The smallest absolute Gasteiger partial charge is 0.319 e. The lowest BCUT2D eigenvalue weighted by Crippen LogP contribution is -2.30. The highest BCUT2D eigenvalue weighted by atomic mass is 16.2. The largest absolute Gasteiger partial charge is 0.337 e. The van der Waals surface area contributed by atoms with Crippen molar-refractivity contribution < 1.29 is 14.4 Å². The maximum absolute atomic E-state index is 12.0. The number of anilines is 2. The van der Waals surface area contributed by atoms with Crippen molar-refractivity contribution in [2.45, 2.75) is 20.3 Å². The molecule has 0 radical (unpaired) electrons. The van der Waals surface area contributed by atoms with Gasteiger partial charge in [0.2, 0.25) is 5.91 Å². The molecular formula is C19H21N3O3. The number of amides is 3. The summed E-state index contributed by atoms with van der Waals surface area (Å²) >= 11 is 0. The molecule has 0 bridgehead atoms. The molecule has 0 saturated heterocycles. The van der Waals surface area contributed by atoms with Crippen molar-refractivity contribution in [3.8, 4) is 0 Å². The van der Waals surface area contributed by atoms with Gasteiger partial charge in [0.25, 0.3) is 0 Å². The van der Waals surface area contributed by atoms with E-state index < -0.39 is 6.03 Å². The van der Waals surface area contributed by atoms with Gasteiger partial charge in [-0.3, -0.25) is 9.59 Å². The molecule has 0 aliphatic carbocycles. The average molecular weight is 339 g/mol. The molecule has 6 nitrogen and oxygen atoms in total. The van der Waals surface area contributed by atoms with Gasteiger partial charge in [0, 0.05) is 36.8 Å². The number of rotatable bonds is 6. The zero-order valence-electron chi connectivity index (χ0n) is 14.3. The van der Waals surface area contributed by atoms with E-state index in [2.05, 4.69) is 16.0 Å². The summed E-state index contributed by atoms with van der Waals surface area (Å²) in [5, 5.41) is 7.95. The van der Waals surface area contributed by atoms with Crippen molar-refractivity contribution in [1.82, 2.24) is 5.32 Å². The summed E-state index contributed by atoms with van der Waals surface area (Å²) in [7, 11) is 0. The second-order valence-electron chi connectivity index (χ2n) is 5.68.